The molecule has 2 aromatic rings. The van der Waals surface area contributed by atoms with Crippen LogP contribution in [0.1, 0.15) is 19.8 Å². The number of aryl methyl sites for hydroxylation is 1. The predicted octanol–water partition coefficient (Wildman–Crippen LogP) is 2.67. The minimum absolute atomic E-state index is 0.0358. The molecule has 0 amide bonds. The first-order chi connectivity index (χ1) is 11.4. The molecule has 1 aliphatic carbocycles. The SMILES string of the molecule is CCS(=O)(=O)c1ccc(NCC2CC2)c(-c2cccn(C)c2=O)c1. The van der Waals surface area contributed by atoms with Gasteiger partial charge in [0.2, 0.25) is 0 Å². The normalized spacial score (nSPS) is 14.6. The Morgan fingerprint density at radius 2 is 1.96 bits per heavy atom. The van der Waals surface area contributed by atoms with E-state index in [0.29, 0.717) is 17.0 Å². The molecule has 0 unspecified atom stereocenters. The smallest absolute Gasteiger partial charge is 0.258 e. The van der Waals surface area contributed by atoms with Crippen LogP contribution in [0.15, 0.2) is 46.2 Å². The Balaban J connectivity index is 2.12. The molecule has 1 saturated carbocycles. The van der Waals surface area contributed by atoms with Gasteiger partial charge >= 0.3 is 0 Å². The largest absolute Gasteiger partial charge is 0.384 e. The van der Waals surface area contributed by atoms with E-state index in [2.05, 4.69) is 5.32 Å². The Bertz CT molecular complexity index is 912. The minimum atomic E-state index is -3.32. The van der Waals surface area contributed by atoms with Crippen LogP contribution in [0.4, 0.5) is 5.69 Å². The van der Waals surface area contributed by atoms with Gasteiger partial charge in [0, 0.05) is 36.6 Å². The molecule has 1 aromatic heterocycles. The van der Waals surface area contributed by atoms with Crippen molar-refractivity contribution in [1.29, 1.82) is 0 Å². The van der Waals surface area contributed by atoms with Gasteiger partial charge in [-0.05, 0) is 49.1 Å². The number of nitrogens with one attached hydrogen (secondary N) is 1. The molecule has 6 heteroatoms. The highest BCUT2D eigenvalue weighted by molar-refractivity contribution is 7.91. The fourth-order valence-corrected chi connectivity index (χ4v) is 3.55. The summed E-state index contributed by atoms with van der Waals surface area (Å²) in [5.74, 6) is 0.712. The van der Waals surface area contributed by atoms with Gasteiger partial charge in [-0.2, -0.15) is 0 Å². The fraction of sp³-hybridized carbons (Fsp3) is 0.389. The molecule has 0 spiro atoms. The molecule has 3 rings (SSSR count). The number of hydrogen-bond acceptors (Lipinski definition) is 4. The van der Waals surface area contributed by atoms with Crippen LogP contribution in [0, 0.1) is 5.92 Å². The molecule has 0 bridgehead atoms. The summed E-state index contributed by atoms with van der Waals surface area (Å²) in [5.41, 5.74) is 1.82. The maximum Gasteiger partial charge on any atom is 0.258 e. The molecule has 1 heterocycles. The van der Waals surface area contributed by atoms with E-state index in [1.807, 2.05) is 0 Å². The maximum absolute atomic E-state index is 12.5. The van der Waals surface area contributed by atoms with Crippen LogP contribution in [-0.2, 0) is 16.9 Å². The van der Waals surface area contributed by atoms with Crippen molar-refractivity contribution >= 4 is 15.5 Å². The van der Waals surface area contributed by atoms with Gasteiger partial charge in [0.1, 0.15) is 0 Å². The van der Waals surface area contributed by atoms with Crippen molar-refractivity contribution in [1.82, 2.24) is 4.57 Å². The summed E-state index contributed by atoms with van der Waals surface area (Å²) >= 11 is 0. The monoisotopic (exact) mass is 346 g/mol. The van der Waals surface area contributed by atoms with Gasteiger partial charge in [0.15, 0.2) is 9.84 Å². The standard InChI is InChI=1S/C18H22N2O3S/c1-3-24(22,23)14-8-9-17(19-12-13-6-7-13)16(11-14)15-5-4-10-20(2)18(15)21/h4-5,8-11,13,19H,3,6-7,12H2,1-2H3. The molecular weight excluding hydrogens is 324 g/mol. The molecule has 1 N–H and O–H groups in total. The number of aromatic nitrogens is 1. The van der Waals surface area contributed by atoms with Crippen LogP contribution in [0.25, 0.3) is 11.1 Å². The summed E-state index contributed by atoms with van der Waals surface area (Å²) in [6.45, 7) is 2.47. The molecule has 0 aliphatic heterocycles. The topological polar surface area (TPSA) is 68.2 Å². The summed E-state index contributed by atoms with van der Waals surface area (Å²) in [7, 11) is -1.63. The zero-order chi connectivity index (χ0) is 17.3. The number of pyridine rings is 1. The van der Waals surface area contributed by atoms with Crippen LogP contribution in [0.3, 0.4) is 0 Å². The fourth-order valence-electron chi connectivity index (χ4n) is 2.64. The summed E-state index contributed by atoms with van der Waals surface area (Å²) in [4.78, 5) is 12.7. The highest BCUT2D eigenvalue weighted by Gasteiger charge is 2.22. The summed E-state index contributed by atoms with van der Waals surface area (Å²) in [5, 5.41) is 3.37. The quantitative estimate of drug-likeness (QED) is 0.873. The second kappa shape index (κ2) is 6.43. The van der Waals surface area contributed by atoms with Crippen LogP contribution in [-0.4, -0.2) is 25.3 Å². The minimum Gasteiger partial charge on any atom is -0.384 e. The lowest BCUT2D eigenvalue weighted by atomic mass is 10.0. The molecule has 0 atom stereocenters. The van der Waals surface area contributed by atoms with Crippen LogP contribution in [0.2, 0.25) is 0 Å². The Labute approximate surface area is 142 Å². The van der Waals surface area contributed by atoms with Crippen molar-refractivity contribution in [2.75, 3.05) is 17.6 Å². The lowest BCUT2D eigenvalue weighted by molar-refractivity contribution is 0.597. The highest BCUT2D eigenvalue weighted by Crippen LogP contribution is 2.32. The Kier molecular flexibility index (Phi) is 4.49. The van der Waals surface area contributed by atoms with Gasteiger partial charge in [0.05, 0.1) is 10.6 Å². The lowest BCUT2D eigenvalue weighted by Gasteiger charge is -2.14. The van der Waals surface area contributed by atoms with Gasteiger partial charge in [-0.3, -0.25) is 4.79 Å². The predicted molar refractivity (Wildman–Crippen MR) is 96.1 cm³/mol. The van der Waals surface area contributed by atoms with Crippen molar-refractivity contribution < 1.29 is 8.42 Å². The maximum atomic E-state index is 12.5. The van der Waals surface area contributed by atoms with E-state index in [0.717, 1.165) is 12.2 Å². The van der Waals surface area contributed by atoms with Gasteiger partial charge < -0.3 is 9.88 Å². The Morgan fingerprint density at radius 3 is 2.62 bits per heavy atom. The van der Waals surface area contributed by atoms with Crippen molar-refractivity contribution in [2.24, 2.45) is 13.0 Å². The highest BCUT2D eigenvalue weighted by atomic mass is 32.2. The Hall–Kier alpha value is -2.08. The van der Waals surface area contributed by atoms with Crippen molar-refractivity contribution in [3.63, 3.8) is 0 Å². The zero-order valence-corrected chi connectivity index (χ0v) is 14.8. The van der Waals surface area contributed by atoms with E-state index in [4.69, 9.17) is 0 Å². The van der Waals surface area contributed by atoms with Crippen LogP contribution >= 0.6 is 0 Å². The lowest BCUT2D eigenvalue weighted by Crippen LogP contribution is -2.18. The Morgan fingerprint density at radius 1 is 1.21 bits per heavy atom. The molecule has 0 radical (unpaired) electrons. The first-order valence-electron chi connectivity index (χ1n) is 8.19. The van der Waals surface area contributed by atoms with Gasteiger partial charge in [-0.15, -0.1) is 0 Å². The molecule has 1 fully saturated rings. The third-order valence-electron chi connectivity index (χ3n) is 4.42. The van der Waals surface area contributed by atoms with Crippen molar-refractivity contribution in [3.8, 4) is 11.1 Å². The third kappa shape index (κ3) is 3.38. The number of hydrogen-bond donors (Lipinski definition) is 1. The number of benzene rings is 1. The van der Waals surface area contributed by atoms with Gasteiger partial charge in [-0.25, -0.2) is 8.42 Å². The second-order valence-corrected chi connectivity index (χ2v) is 8.55. The average Bonchev–Trinajstić information content (AvgIpc) is 3.40. The summed E-state index contributed by atoms with van der Waals surface area (Å²) in [6.07, 6.45) is 4.13. The number of rotatable bonds is 6. The van der Waals surface area contributed by atoms with Gasteiger partial charge in [-0.1, -0.05) is 6.92 Å². The third-order valence-corrected chi connectivity index (χ3v) is 6.15. The van der Waals surface area contributed by atoms with E-state index in [-0.39, 0.29) is 16.2 Å². The van der Waals surface area contributed by atoms with Crippen LogP contribution in [0.5, 0.6) is 0 Å². The van der Waals surface area contributed by atoms with E-state index < -0.39 is 9.84 Å². The summed E-state index contributed by atoms with van der Waals surface area (Å²) < 4.78 is 25.9. The molecular formula is C18H22N2O3S. The van der Waals surface area contributed by atoms with Gasteiger partial charge in [0.25, 0.3) is 5.56 Å². The first-order valence-corrected chi connectivity index (χ1v) is 9.84. The van der Waals surface area contributed by atoms with E-state index in [9.17, 15) is 13.2 Å². The summed E-state index contributed by atoms with van der Waals surface area (Å²) in [6, 6.07) is 8.53. The molecule has 128 valence electrons. The molecule has 24 heavy (non-hydrogen) atoms. The molecule has 0 saturated heterocycles. The van der Waals surface area contributed by atoms with Crippen molar-refractivity contribution in [3.05, 3.63) is 46.9 Å². The number of anilines is 1. The molecule has 1 aliphatic rings. The van der Waals surface area contributed by atoms with E-state index in [1.165, 1.54) is 17.4 Å². The van der Waals surface area contributed by atoms with E-state index in [1.54, 1.807) is 50.5 Å². The average molecular weight is 346 g/mol. The zero-order valence-electron chi connectivity index (χ0n) is 14.0. The second-order valence-electron chi connectivity index (χ2n) is 6.27. The van der Waals surface area contributed by atoms with E-state index >= 15 is 0 Å². The number of sulfone groups is 1. The first kappa shape index (κ1) is 16.8. The van der Waals surface area contributed by atoms with Crippen molar-refractivity contribution in [2.45, 2.75) is 24.7 Å². The number of nitrogens with zero attached hydrogens (tertiary/aromatic N) is 1. The molecule has 1 aromatic carbocycles. The molecule has 5 nitrogen and oxygen atoms in total. The van der Waals surface area contributed by atoms with Crippen LogP contribution < -0.4 is 10.9 Å².